The maximum absolute atomic E-state index is 13.6. The van der Waals surface area contributed by atoms with Crippen LogP contribution in [0.1, 0.15) is 32.8 Å². The van der Waals surface area contributed by atoms with Crippen molar-refractivity contribution in [1.29, 1.82) is 0 Å². The molecule has 0 saturated heterocycles. The van der Waals surface area contributed by atoms with Crippen LogP contribution >= 0.6 is 23.6 Å². The lowest BCUT2D eigenvalue weighted by molar-refractivity contribution is 0.0601. The number of esters is 1. The van der Waals surface area contributed by atoms with Crippen molar-refractivity contribution in [2.75, 3.05) is 12.4 Å². The molecule has 0 aliphatic heterocycles. The molecule has 4 nitrogen and oxygen atoms in total. The van der Waals surface area contributed by atoms with Gasteiger partial charge in [-0.15, -0.1) is 11.3 Å². The number of benzene rings is 1. The Morgan fingerprint density at radius 1 is 1.38 bits per heavy atom. The van der Waals surface area contributed by atoms with E-state index in [1.54, 1.807) is 18.2 Å². The molecule has 0 amide bonds. The lowest BCUT2D eigenvalue weighted by atomic mass is 10.1. The standard InChI is InChI=1S/C17H17FN2O2S2/c1-22-16(21)14-11-6-4-8-13(11)24-15(14)20-17(23)19-9-10-5-2-3-7-12(10)18/h2-3,5,7H,4,6,8-9H2,1H3,(H2,19,20,23). The minimum absolute atomic E-state index is 0.275. The number of carbonyl (C=O) groups is 1. The zero-order chi connectivity index (χ0) is 17.1. The molecule has 1 heterocycles. The molecule has 0 radical (unpaired) electrons. The van der Waals surface area contributed by atoms with Gasteiger partial charge in [-0.05, 0) is 43.1 Å². The lowest BCUT2D eigenvalue weighted by Crippen LogP contribution is -2.28. The Morgan fingerprint density at radius 3 is 2.92 bits per heavy atom. The number of nitrogens with one attached hydrogen (secondary N) is 2. The molecule has 3 rings (SSSR count). The minimum atomic E-state index is -0.353. The zero-order valence-corrected chi connectivity index (χ0v) is 14.8. The number of ether oxygens (including phenoxy) is 1. The van der Waals surface area contributed by atoms with Gasteiger partial charge in [-0.1, -0.05) is 18.2 Å². The van der Waals surface area contributed by atoms with E-state index >= 15 is 0 Å². The average Bonchev–Trinajstić information content (AvgIpc) is 3.14. The van der Waals surface area contributed by atoms with Crippen molar-refractivity contribution in [3.63, 3.8) is 0 Å². The first-order valence-corrected chi connectivity index (χ1v) is 8.83. The van der Waals surface area contributed by atoms with Crippen molar-refractivity contribution in [3.8, 4) is 0 Å². The van der Waals surface area contributed by atoms with Crippen LogP contribution < -0.4 is 10.6 Å². The number of anilines is 1. The first-order chi connectivity index (χ1) is 11.6. The Bertz CT molecular complexity index is 789. The number of hydrogen-bond acceptors (Lipinski definition) is 4. The molecular weight excluding hydrogens is 347 g/mol. The van der Waals surface area contributed by atoms with Crippen molar-refractivity contribution in [2.45, 2.75) is 25.8 Å². The summed E-state index contributed by atoms with van der Waals surface area (Å²) in [6.45, 7) is 0.275. The monoisotopic (exact) mass is 364 g/mol. The van der Waals surface area contributed by atoms with Crippen molar-refractivity contribution >= 4 is 39.6 Å². The van der Waals surface area contributed by atoms with Gasteiger partial charge in [-0.2, -0.15) is 0 Å². The van der Waals surface area contributed by atoms with Crippen LogP contribution in [0.5, 0.6) is 0 Å². The molecule has 0 saturated carbocycles. The molecule has 2 N–H and O–H groups in total. The number of methoxy groups -OCH3 is 1. The van der Waals surface area contributed by atoms with Crippen molar-refractivity contribution < 1.29 is 13.9 Å². The summed E-state index contributed by atoms with van der Waals surface area (Å²) in [6, 6.07) is 6.53. The van der Waals surface area contributed by atoms with Gasteiger partial charge in [0.2, 0.25) is 0 Å². The first kappa shape index (κ1) is 16.9. The SMILES string of the molecule is COC(=O)c1c(NC(=S)NCc2ccccc2F)sc2c1CCC2. The fourth-order valence-electron chi connectivity index (χ4n) is 2.77. The summed E-state index contributed by atoms with van der Waals surface area (Å²) in [5.41, 5.74) is 2.17. The van der Waals surface area contributed by atoms with E-state index in [-0.39, 0.29) is 18.3 Å². The second-order valence-electron chi connectivity index (χ2n) is 5.45. The number of aryl methyl sites for hydroxylation is 1. The lowest BCUT2D eigenvalue weighted by Gasteiger charge is -2.11. The van der Waals surface area contributed by atoms with Gasteiger partial charge in [0.15, 0.2) is 5.11 Å². The van der Waals surface area contributed by atoms with Crippen molar-refractivity contribution in [1.82, 2.24) is 5.32 Å². The van der Waals surface area contributed by atoms with Gasteiger partial charge in [0.1, 0.15) is 10.8 Å². The second kappa shape index (κ2) is 7.27. The highest BCUT2D eigenvalue weighted by Gasteiger charge is 2.27. The molecule has 1 aromatic heterocycles. The molecule has 0 fully saturated rings. The third kappa shape index (κ3) is 3.42. The van der Waals surface area contributed by atoms with Gasteiger partial charge >= 0.3 is 5.97 Å². The number of thiocarbonyl (C=S) groups is 1. The maximum Gasteiger partial charge on any atom is 0.341 e. The highest BCUT2D eigenvalue weighted by molar-refractivity contribution is 7.80. The van der Waals surface area contributed by atoms with Crippen molar-refractivity contribution in [3.05, 3.63) is 51.7 Å². The van der Waals surface area contributed by atoms with E-state index in [0.717, 1.165) is 24.8 Å². The molecular formula is C17H17FN2O2S2. The molecule has 0 bridgehead atoms. The largest absolute Gasteiger partial charge is 0.465 e. The summed E-state index contributed by atoms with van der Waals surface area (Å²) >= 11 is 6.81. The fraction of sp³-hybridized carbons (Fsp3) is 0.294. The topological polar surface area (TPSA) is 50.4 Å². The van der Waals surface area contributed by atoms with Gasteiger partial charge in [0.25, 0.3) is 0 Å². The summed E-state index contributed by atoms with van der Waals surface area (Å²) in [7, 11) is 1.37. The number of fused-ring (bicyclic) bond motifs is 1. The van der Waals surface area contributed by atoms with E-state index in [4.69, 9.17) is 17.0 Å². The molecule has 126 valence electrons. The summed E-state index contributed by atoms with van der Waals surface area (Å²) in [5, 5.41) is 7.08. The van der Waals surface area contributed by atoms with Crippen LogP contribution in [0.3, 0.4) is 0 Å². The van der Waals surface area contributed by atoms with E-state index in [0.29, 0.717) is 21.2 Å². The molecule has 7 heteroatoms. The Hall–Kier alpha value is -1.99. The Morgan fingerprint density at radius 2 is 2.17 bits per heavy atom. The molecule has 0 unspecified atom stereocenters. The van der Waals surface area contributed by atoms with Crippen LogP contribution in [0, 0.1) is 5.82 Å². The average molecular weight is 364 g/mol. The van der Waals surface area contributed by atoms with E-state index in [1.165, 1.54) is 29.4 Å². The number of carbonyl (C=O) groups excluding carboxylic acids is 1. The van der Waals surface area contributed by atoms with Crippen LogP contribution in [0.25, 0.3) is 0 Å². The third-order valence-corrected chi connectivity index (χ3v) is 5.39. The molecule has 1 aliphatic carbocycles. The highest BCUT2D eigenvalue weighted by atomic mass is 32.1. The highest BCUT2D eigenvalue weighted by Crippen LogP contribution is 2.39. The van der Waals surface area contributed by atoms with Crippen LogP contribution in [0.2, 0.25) is 0 Å². The van der Waals surface area contributed by atoms with Gasteiger partial charge in [0.05, 0.1) is 12.7 Å². The van der Waals surface area contributed by atoms with E-state index in [1.807, 2.05) is 0 Å². The van der Waals surface area contributed by atoms with Crippen LogP contribution in [-0.4, -0.2) is 18.2 Å². The van der Waals surface area contributed by atoms with E-state index < -0.39 is 0 Å². The zero-order valence-electron chi connectivity index (χ0n) is 13.1. The van der Waals surface area contributed by atoms with E-state index in [2.05, 4.69) is 10.6 Å². The first-order valence-electron chi connectivity index (χ1n) is 7.61. The Labute approximate surface area is 149 Å². The number of thiophene rings is 1. The van der Waals surface area contributed by atoms with Gasteiger partial charge < -0.3 is 15.4 Å². The van der Waals surface area contributed by atoms with Gasteiger partial charge in [-0.3, -0.25) is 0 Å². The molecule has 0 spiro atoms. The molecule has 1 aromatic carbocycles. The second-order valence-corrected chi connectivity index (χ2v) is 6.97. The summed E-state index contributed by atoms with van der Waals surface area (Å²) in [4.78, 5) is 13.3. The number of halogens is 1. The Kier molecular flexibility index (Phi) is 5.11. The molecule has 0 atom stereocenters. The maximum atomic E-state index is 13.6. The molecule has 2 aromatic rings. The van der Waals surface area contributed by atoms with Gasteiger partial charge in [-0.25, -0.2) is 9.18 Å². The third-order valence-electron chi connectivity index (χ3n) is 3.94. The predicted octanol–water partition coefficient (Wildman–Crippen LogP) is 3.65. The summed E-state index contributed by atoms with van der Waals surface area (Å²) < 4.78 is 18.5. The number of rotatable bonds is 4. The smallest absolute Gasteiger partial charge is 0.341 e. The predicted molar refractivity (Wildman–Crippen MR) is 97.1 cm³/mol. The quantitative estimate of drug-likeness (QED) is 0.641. The van der Waals surface area contributed by atoms with Crippen LogP contribution in [0.4, 0.5) is 9.39 Å². The molecule has 24 heavy (non-hydrogen) atoms. The van der Waals surface area contributed by atoms with Crippen LogP contribution in [0.15, 0.2) is 24.3 Å². The Balaban J connectivity index is 1.71. The fourth-order valence-corrected chi connectivity index (χ4v) is 4.30. The summed E-state index contributed by atoms with van der Waals surface area (Å²) in [6.07, 6.45) is 2.91. The van der Waals surface area contributed by atoms with E-state index in [9.17, 15) is 9.18 Å². The van der Waals surface area contributed by atoms with Crippen molar-refractivity contribution in [2.24, 2.45) is 0 Å². The minimum Gasteiger partial charge on any atom is -0.465 e. The van der Waals surface area contributed by atoms with Crippen LogP contribution in [-0.2, 0) is 24.1 Å². The molecule has 1 aliphatic rings. The summed E-state index contributed by atoms with van der Waals surface area (Å²) in [5.74, 6) is -0.632. The van der Waals surface area contributed by atoms with Gasteiger partial charge in [0, 0.05) is 17.0 Å². The number of hydrogen-bond donors (Lipinski definition) is 2. The normalized spacial score (nSPS) is 12.6.